The van der Waals surface area contributed by atoms with Crippen molar-refractivity contribution in [3.63, 3.8) is 0 Å². The minimum atomic E-state index is -0.486. The number of hydrogen-bond acceptors (Lipinski definition) is 4. The molecule has 1 aliphatic heterocycles. The second-order valence-corrected chi connectivity index (χ2v) is 6.37. The molecule has 2 rings (SSSR count). The van der Waals surface area contributed by atoms with Gasteiger partial charge in [-0.15, -0.1) is 0 Å². The molecule has 1 aromatic rings. The van der Waals surface area contributed by atoms with Crippen LogP contribution < -0.4 is 15.4 Å². The maximum absolute atomic E-state index is 12.1. The van der Waals surface area contributed by atoms with Crippen molar-refractivity contribution in [1.29, 1.82) is 0 Å². The van der Waals surface area contributed by atoms with Crippen molar-refractivity contribution in [3.05, 3.63) is 29.8 Å². The highest BCUT2D eigenvalue weighted by atomic mass is 16.5. The van der Waals surface area contributed by atoms with E-state index in [0.717, 1.165) is 38.5 Å². The lowest BCUT2D eigenvalue weighted by molar-refractivity contribution is -0.127. The first-order valence-corrected chi connectivity index (χ1v) is 8.53. The van der Waals surface area contributed by atoms with Crippen molar-refractivity contribution in [1.82, 2.24) is 15.5 Å². The van der Waals surface area contributed by atoms with Gasteiger partial charge in [0.25, 0.3) is 5.91 Å². The summed E-state index contributed by atoms with van der Waals surface area (Å²) in [6, 6.07) is 7.96. The maximum Gasteiger partial charge on any atom is 0.260 e. The summed E-state index contributed by atoms with van der Waals surface area (Å²) in [5, 5.41) is 6.28. The van der Waals surface area contributed by atoms with Crippen molar-refractivity contribution < 1.29 is 9.53 Å². The molecule has 2 N–H and O–H groups in total. The molecular formula is C18H29N3O2. The number of hydrogen-bond donors (Lipinski definition) is 2. The zero-order valence-electron chi connectivity index (χ0n) is 14.5. The first-order valence-electron chi connectivity index (χ1n) is 8.53. The van der Waals surface area contributed by atoms with Crippen LogP contribution in [-0.2, 0) is 4.79 Å². The zero-order valence-corrected chi connectivity index (χ0v) is 14.5. The molecule has 0 spiro atoms. The Kier molecular flexibility index (Phi) is 6.86. The van der Waals surface area contributed by atoms with E-state index in [1.165, 1.54) is 5.56 Å². The second-order valence-electron chi connectivity index (χ2n) is 6.37. The van der Waals surface area contributed by atoms with Gasteiger partial charge in [0.05, 0.1) is 0 Å². The molecule has 1 aliphatic rings. The lowest BCUT2D eigenvalue weighted by atomic mass is 10.0. The summed E-state index contributed by atoms with van der Waals surface area (Å²) in [7, 11) is 0. The fourth-order valence-electron chi connectivity index (χ4n) is 2.62. The summed E-state index contributed by atoms with van der Waals surface area (Å²) < 4.78 is 5.77. The van der Waals surface area contributed by atoms with Crippen LogP contribution in [0, 0.1) is 0 Å². The van der Waals surface area contributed by atoms with Gasteiger partial charge in [0.1, 0.15) is 5.75 Å². The minimum Gasteiger partial charge on any atom is -0.481 e. The molecule has 0 aliphatic carbocycles. The molecule has 5 heteroatoms. The first kappa shape index (κ1) is 17.8. The van der Waals surface area contributed by atoms with Gasteiger partial charge < -0.3 is 15.4 Å². The summed E-state index contributed by atoms with van der Waals surface area (Å²) in [5.74, 6) is 1.14. The Hall–Kier alpha value is -1.59. The number of carbonyl (C=O) groups is 1. The van der Waals surface area contributed by atoms with E-state index in [1.807, 2.05) is 18.2 Å². The van der Waals surface area contributed by atoms with Crippen LogP contribution in [0.4, 0.5) is 0 Å². The van der Waals surface area contributed by atoms with Crippen LogP contribution in [0.5, 0.6) is 5.75 Å². The molecule has 1 amide bonds. The molecule has 0 bridgehead atoms. The Morgan fingerprint density at radius 2 is 2.04 bits per heavy atom. The van der Waals surface area contributed by atoms with Gasteiger partial charge in [0.2, 0.25) is 0 Å². The third kappa shape index (κ3) is 5.84. The highest BCUT2D eigenvalue weighted by Gasteiger charge is 2.15. The molecular weight excluding hydrogens is 290 g/mol. The van der Waals surface area contributed by atoms with Gasteiger partial charge >= 0.3 is 0 Å². The van der Waals surface area contributed by atoms with E-state index in [2.05, 4.69) is 35.4 Å². The van der Waals surface area contributed by atoms with Crippen LogP contribution in [-0.4, -0.2) is 56.2 Å². The van der Waals surface area contributed by atoms with E-state index >= 15 is 0 Å². The van der Waals surface area contributed by atoms with Gasteiger partial charge in [-0.3, -0.25) is 9.69 Å². The third-order valence-corrected chi connectivity index (χ3v) is 4.14. The van der Waals surface area contributed by atoms with Crippen LogP contribution in [0.2, 0.25) is 0 Å². The number of ether oxygens (including phenoxy) is 1. The summed E-state index contributed by atoms with van der Waals surface area (Å²) in [6.45, 7) is 11.8. The number of amides is 1. The maximum atomic E-state index is 12.1. The van der Waals surface area contributed by atoms with Crippen molar-refractivity contribution >= 4 is 5.91 Å². The van der Waals surface area contributed by atoms with Crippen molar-refractivity contribution in [3.8, 4) is 5.75 Å². The smallest absolute Gasteiger partial charge is 0.260 e. The number of nitrogens with one attached hydrogen (secondary N) is 2. The number of carbonyl (C=O) groups excluding carboxylic acids is 1. The monoisotopic (exact) mass is 319 g/mol. The summed E-state index contributed by atoms with van der Waals surface area (Å²) in [6.07, 6.45) is -0.486. The van der Waals surface area contributed by atoms with Crippen molar-refractivity contribution in [2.24, 2.45) is 0 Å². The SMILES string of the molecule is CC(Oc1cccc(C(C)C)c1)C(=O)NCCN1CCNCC1. The Bertz CT molecular complexity index is 499. The average molecular weight is 319 g/mol. The zero-order chi connectivity index (χ0) is 16.7. The van der Waals surface area contributed by atoms with E-state index in [-0.39, 0.29) is 5.91 Å². The summed E-state index contributed by atoms with van der Waals surface area (Å²) in [4.78, 5) is 14.5. The largest absolute Gasteiger partial charge is 0.481 e. The molecule has 128 valence electrons. The van der Waals surface area contributed by atoms with E-state index < -0.39 is 6.10 Å². The van der Waals surface area contributed by atoms with E-state index in [4.69, 9.17) is 4.74 Å². The van der Waals surface area contributed by atoms with Gasteiger partial charge in [0.15, 0.2) is 6.10 Å². The van der Waals surface area contributed by atoms with Gasteiger partial charge in [-0.25, -0.2) is 0 Å². The summed E-state index contributed by atoms with van der Waals surface area (Å²) in [5.41, 5.74) is 1.22. The highest BCUT2D eigenvalue weighted by Crippen LogP contribution is 2.20. The molecule has 1 saturated heterocycles. The molecule has 0 radical (unpaired) electrons. The predicted octanol–water partition coefficient (Wildman–Crippen LogP) is 1.60. The van der Waals surface area contributed by atoms with E-state index in [9.17, 15) is 4.79 Å². The first-order chi connectivity index (χ1) is 11.1. The fourth-order valence-corrected chi connectivity index (χ4v) is 2.62. The highest BCUT2D eigenvalue weighted by molar-refractivity contribution is 5.80. The topological polar surface area (TPSA) is 53.6 Å². The Labute approximate surface area is 139 Å². The molecule has 0 saturated carbocycles. The predicted molar refractivity (Wildman–Crippen MR) is 92.9 cm³/mol. The Morgan fingerprint density at radius 3 is 2.74 bits per heavy atom. The van der Waals surface area contributed by atoms with Crippen LogP contribution in [0.15, 0.2) is 24.3 Å². The number of piperazine rings is 1. The fraction of sp³-hybridized carbons (Fsp3) is 0.611. The van der Waals surface area contributed by atoms with Crippen LogP contribution in [0.3, 0.4) is 0 Å². The normalized spacial score (nSPS) is 17.0. The lowest BCUT2D eigenvalue weighted by Crippen LogP contribution is -2.47. The van der Waals surface area contributed by atoms with Crippen LogP contribution in [0.25, 0.3) is 0 Å². The van der Waals surface area contributed by atoms with Crippen LogP contribution >= 0.6 is 0 Å². The molecule has 5 nitrogen and oxygen atoms in total. The molecule has 1 unspecified atom stereocenters. The van der Waals surface area contributed by atoms with Gasteiger partial charge in [-0.2, -0.15) is 0 Å². The quantitative estimate of drug-likeness (QED) is 0.801. The Balaban J connectivity index is 1.74. The number of rotatable bonds is 7. The van der Waals surface area contributed by atoms with Crippen molar-refractivity contribution in [2.45, 2.75) is 32.8 Å². The molecule has 1 aromatic carbocycles. The van der Waals surface area contributed by atoms with Gasteiger partial charge in [-0.1, -0.05) is 26.0 Å². The molecule has 23 heavy (non-hydrogen) atoms. The van der Waals surface area contributed by atoms with Crippen LogP contribution in [0.1, 0.15) is 32.3 Å². The van der Waals surface area contributed by atoms with E-state index in [1.54, 1.807) is 6.92 Å². The average Bonchev–Trinajstić information content (AvgIpc) is 2.56. The van der Waals surface area contributed by atoms with E-state index in [0.29, 0.717) is 12.5 Å². The molecule has 0 aromatic heterocycles. The second kappa shape index (κ2) is 8.89. The molecule has 1 heterocycles. The number of benzene rings is 1. The summed E-state index contributed by atoms with van der Waals surface area (Å²) >= 11 is 0. The number of nitrogens with zero attached hydrogens (tertiary/aromatic N) is 1. The van der Waals surface area contributed by atoms with Gasteiger partial charge in [0, 0.05) is 39.3 Å². The van der Waals surface area contributed by atoms with Crippen molar-refractivity contribution in [2.75, 3.05) is 39.3 Å². The van der Waals surface area contributed by atoms with Gasteiger partial charge in [-0.05, 0) is 30.5 Å². The minimum absolute atomic E-state index is 0.0601. The standard InChI is InChI=1S/C18H29N3O2/c1-14(2)16-5-4-6-17(13-16)23-15(3)18(22)20-9-12-21-10-7-19-8-11-21/h4-6,13-15,19H,7-12H2,1-3H3,(H,20,22). The molecule has 1 atom stereocenters. The Morgan fingerprint density at radius 1 is 1.30 bits per heavy atom. The molecule has 1 fully saturated rings. The lowest BCUT2D eigenvalue weighted by Gasteiger charge is -2.27. The third-order valence-electron chi connectivity index (χ3n) is 4.14.